The van der Waals surface area contributed by atoms with E-state index in [1.165, 1.54) is 0 Å². The van der Waals surface area contributed by atoms with Crippen LogP contribution in [0.5, 0.6) is 0 Å². The van der Waals surface area contributed by atoms with Gasteiger partial charge in [0.15, 0.2) is 0 Å². The second-order valence-corrected chi connectivity index (χ2v) is 8.99. The molecule has 1 aliphatic heterocycles. The molecule has 0 saturated heterocycles. The Morgan fingerprint density at radius 1 is 1.00 bits per heavy atom. The topological polar surface area (TPSA) is 37.3 Å². The number of para-hydroxylation sites is 1. The van der Waals surface area contributed by atoms with Gasteiger partial charge >= 0.3 is 6.03 Å². The fraction of sp³-hybridized carbons (Fsp3) is 0.115. The number of hydrogen-bond acceptors (Lipinski definition) is 2. The zero-order chi connectivity index (χ0) is 22.1. The van der Waals surface area contributed by atoms with E-state index >= 15 is 0 Å². The van der Waals surface area contributed by atoms with Gasteiger partial charge in [-0.1, -0.05) is 48.0 Å². The molecule has 0 radical (unpaired) electrons. The Morgan fingerprint density at radius 3 is 2.62 bits per heavy atom. The van der Waals surface area contributed by atoms with Crippen molar-refractivity contribution in [1.29, 1.82) is 0 Å². The predicted octanol–water partition coefficient (Wildman–Crippen LogP) is 6.99. The molecule has 5 rings (SSSR count). The van der Waals surface area contributed by atoms with Crippen molar-refractivity contribution in [1.82, 2.24) is 9.47 Å². The molecule has 0 saturated carbocycles. The number of anilines is 1. The van der Waals surface area contributed by atoms with E-state index in [-0.39, 0.29) is 12.1 Å². The van der Waals surface area contributed by atoms with Crippen molar-refractivity contribution >= 4 is 35.1 Å². The fourth-order valence-corrected chi connectivity index (χ4v) is 4.82. The zero-order valence-electron chi connectivity index (χ0n) is 17.5. The van der Waals surface area contributed by atoms with Crippen LogP contribution < -0.4 is 5.32 Å². The maximum Gasteiger partial charge on any atom is 0.322 e. The Balaban J connectivity index is 1.61. The molecule has 2 amide bonds. The van der Waals surface area contributed by atoms with Crippen LogP contribution in [-0.4, -0.2) is 21.8 Å². The van der Waals surface area contributed by atoms with E-state index in [2.05, 4.69) is 34.3 Å². The summed E-state index contributed by atoms with van der Waals surface area (Å²) in [6, 6.07) is 27.6. The van der Waals surface area contributed by atoms with Crippen molar-refractivity contribution in [3.63, 3.8) is 0 Å². The van der Waals surface area contributed by atoms with Gasteiger partial charge in [-0.2, -0.15) is 0 Å². The van der Waals surface area contributed by atoms with Gasteiger partial charge in [-0.05, 0) is 65.9 Å². The first-order chi connectivity index (χ1) is 15.6. The van der Waals surface area contributed by atoms with Gasteiger partial charge in [0, 0.05) is 27.5 Å². The van der Waals surface area contributed by atoms with E-state index in [9.17, 15) is 4.79 Å². The number of carbonyl (C=O) groups excluding carboxylic acids is 1. The van der Waals surface area contributed by atoms with Gasteiger partial charge in [0.25, 0.3) is 0 Å². The second kappa shape index (κ2) is 8.77. The zero-order valence-corrected chi connectivity index (χ0v) is 19.1. The molecule has 1 unspecified atom stereocenters. The number of aromatic nitrogens is 1. The summed E-state index contributed by atoms with van der Waals surface area (Å²) in [6.45, 7) is 0.485. The van der Waals surface area contributed by atoms with Gasteiger partial charge in [-0.3, -0.25) is 0 Å². The number of amides is 2. The lowest BCUT2D eigenvalue weighted by molar-refractivity contribution is 0.194. The highest BCUT2D eigenvalue weighted by Crippen LogP contribution is 2.37. The number of thioether (sulfide) groups is 1. The molecule has 6 heteroatoms. The Morgan fingerprint density at radius 2 is 1.81 bits per heavy atom. The smallest absolute Gasteiger partial charge is 0.318 e. The van der Waals surface area contributed by atoms with Crippen molar-refractivity contribution in [2.24, 2.45) is 0 Å². The highest BCUT2D eigenvalue weighted by atomic mass is 35.5. The van der Waals surface area contributed by atoms with Gasteiger partial charge in [0.2, 0.25) is 0 Å². The maximum atomic E-state index is 13.7. The molecular weight excluding hydrogens is 438 g/mol. The maximum absolute atomic E-state index is 13.7. The number of halogens is 1. The monoisotopic (exact) mass is 459 g/mol. The first-order valence-electron chi connectivity index (χ1n) is 10.4. The Hall–Kier alpha value is -3.15. The quantitative estimate of drug-likeness (QED) is 0.335. The van der Waals surface area contributed by atoms with E-state index in [1.54, 1.807) is 11.8 Å². The summed E-state index contributed by atoms with van der Waals surface area (Å²) in [5.74, 6) is 0. The molecule has 32 heavy (non-hydrogen) atoms. The summed E-state index contributed by atoms with van der Waals surface area (Å²) in [5, 5.41) is 3.79. The highest BCUT2D eigenvalue weighted by molar-refractivity contribution is 7.98. The fourth-order valence-electron chi connectivity index (χ4n) is 4.23. The molecule has 4 nitrogen and oxygen atoms in total. The molecule has 160 valence electrons. The third-order valence-electron chi connectivity index (χ3n) is 5.73. The molecule has 3 aromatic carbocycles. The lowest BCUT2D eigenvalue weighted by Gasteiger charge is -2.31. The van der Waals surface area contributed by atoms with Crippen molar-refractivity contribution in [2.45, 2.75) is 17.5 Å². The van der Waals surface area contributed by atoms with Gasteiger partial charge in [-0.25, -0.2) is 4.79 Å². The molecule has 0 spiro atoms. The summed E-state index contributed by atoms with van der Waals surface area (Å²) in [5.41, 5.74) is 5.01. The van der Waals surface area contributed by atoms with Crippen LogP contribution in [0.2, 0.25) is 5.02 Å². The van der Waals surface area contributed by atoms with E-state index in [0.29, 0.717) is 11.6 Å². The standard InChI is InChI=1S/C26H22ClN3OS/c1-32-22-8-4-7-21(16-22)28-26(31)30-17-19-6-2-3-9-23(19)29-15-5-10-24(29)25(30)18-11-13-20(27)14-12-18/h2-16,25H,17H2,1H3,(H,28,31). The molecule has 1 atom stereocenters. The Labute approximate surface area is 196 Å². The van der Waals surface area contributed by atoms with Crippen LogP contribution in [0, 0.1) is 0 Å². The van der Waals surface area contributed by atoms with Crippen LogP contribution in [0.4, 0.5) is 10.5 Å². The van der Waals surface area contributed by atoms with Crippen LogP contribution in [0.15, 0.2) is 96.0 Å². The van der Waals surface area contributed by atoms with Crippen LogP contribution in [0.1, 0.15) is 22.9 Å². The average molecular weight is 460 g/mol. The summed E-state index contributed by atoms with van der Waals surface area (Å²) in [7, 11) is 0. The Kier molecular flexibility index (Phi) is 5.68. The number of rotatable bonds is 3. The van der Waals surface area contributed by atoms with Crippen LogP contribution in [0.3, 0.4) is 0 Å². The molecule has 4 aromatic rings. The van der Waals surface area contributed by atoms with Gasteiger partial charge in [0.05, 0.1) is 18.3 Å². The summed E-state index contributed by atoms with van der Waals surface area (Å²) in [4.78, 5) is 16.7. The SMILES string of the molecule is CSc1cccc(NC(=O)N2Cc3ccccc3-n3cccc3C2c2ccc(Cl)cc2)c1. The van der Waals surface area contributed by atoms with E-state index in [0.717, 1.165) is 33.1 Å². The van der Waals surface area contributed by atoms with Crippen LogP contribution in [0.25, 0.3) is 5.69 Å². The largest absolute Gasteiger partial charge is 0.322 e. The minimum absolute atomic E-state index is 0.146. The van der Waals surface area contributed by atoms with E-state index < -0.39 is 0 Å². The molecular formula is C26H22ClN3OS. The lowest BCUT2D eigenvalue weighted by Crippen LogP contribution is -2.37. The van der Waals surface area contributed by atoms with Crippen LogP contribution in [-0.2, 0) is 6.54 Å². The predicted molar refractivity (Wildman–Crippen MR) is 132 cm³/mol. The number of hydrogen-bond donors (Lipinski definition) is 1. The number of carbonyl (C=O) groups is 1. The van der Waals surface area contributed by atoms with Crippen molar-refractivity contribution < 1.29 is 4.79 Å². The van der Waals surface area contributed by atoms with E-state index in [1.807, 2.05) is 77.9 Å². The van der Waals surface area contributed by atoms with Gasteiger partial charge in [0.1, 0.15) is 0 Å². The average Bonchev–Trinajstić information content (AvgIpc) is 3.24. The number of nitrogens with zero attached hydrogens (tertiary/aromatic N) is 2. The number of urea groups is 1. The molecule has 1 N–H and O–H groups in total. The minimum atomic E-state index is -0.265. The van der Waals surface area contributed by atoms with Gasteiger partial charge in [-0.15, -0.1) is 11.8 Å². The normalized spacial score (nSPS) is 14.9. The first-order valence-corrected chi connectivity index (χ1v) is 12.0. The highest BCUT2D eigenvalue weighted by Gasteiger charge is 2.33. The first kappa shape index (κ1) is 20.7. The molecule has 0 aliphatic carbocycles. The van der Waals surface area contributed by atoms with Crippen molar-refractivity contribution in [3.8, 4) is 5.69 Å². The second-order valence-electron chi connectivity index (χ2n) is 7.68. The Bertz CT molecular complexity index is 1270. The summed E-state index contributed by atoms with van der Waals surface area (Å²) >= 11 is 7.82. The van der Waals surface area contributed by atoms with E-state index in [4.69, 9.17) is 11.6 Å². The third kappa shape index (κ3) is 3.90. The molecule has 1 aromatic heterocycles. The van der Waals surface area contributed by atoms with Crippen molar-refractivity contribution in [2.75, 3.05) is 11.6 Å². The molecule has 0 fully saturated rings. The number of benzene rings is 3. The summed E-state index contributed by atoms with van der Waals surface area (Å²) in [6.07, 6.45) is 4.08. The lowest BCUT2D eigenvalue weighted by atomic mass is 10.0. The minimum Gasteiger partial charge on any atom is -0.318 e. The molecule has 0 bridgehead atoms. The molecule has 1 aliphatic rings. The third-order valence-corrected chi connectivity index (χ3v) is 6.71. The molecule has 2 heterocycles. The van der Waals surface area contributed by atoms with Crippen molar-refractivity contribution in [3.05, 3.63) is 113 Å². The number of fused-ring (bicyclic) bond motifs is 3. The summed E-state index contributed by atoms with van der Waals surface area (Å²) < 4.78 is 2.18. The van der Waals surface area contributed by atoms with Gasteiger partial charge < -0.3 is 14.8 Å². The van der Waals surface area contributed by atoms with Crippen LogP contribution >= 0.6 is 23.4 Å². The number of nitrogens with one attached hydrogen (secondary N) is 1.